The van der Waals surface area contributed by atoms with Crippen molar-refractivity contribution in [3.8, 4) is 22.3 Å². The van der Waals surface area contributed by atoms with Gasteiger partial charge >= 0.3 is 0 Å². The monoisotopic (exact) mass is 374 g/mol. The van der Waals surface area contributed by atoms with Crippen molar-refractivity contribution >= 4 is 21.9 Å². The van der Waals surface area contributed by atoms with Crippen LogP contribution < -0.4 is 0 Å². The zero-order valence-electron chi connectivity index (χ0n) is 16.9. The molecule has 0 atom stereocenters. The third kappa shape index (κ3) is 2.28. The summed E-state index contributed by atoms with van der Waals surface area (Å²) in [4.78, 5) is 0. The van der Waals surface area contributed by atoms with Gasteiger partial charge in [-0.1, -0.05) is 74.0 Å². The molecule has 0 radical (unpaired) electrons. The van der Waals surface area contributed by atoms with E-state index in [1.165, 1.54) is 49.7 Å². The second-order valence-electron chi connectivity index (χ2n) is 8.74. The molecule has 29 heavy (non-hydrogen) atoms. The molecule has 0 saturated heterocycles. The molecule has 1 aliphatic rings. The lowest BCUT2D eigenvalue weighted by molar-refractivity contribution is 0.660. The molecule has 5 aromatic rings. The third-order valence-electron chi connectivity index (χ3n) is 6.54. The third-order valence-corrected chi connectivity index (χ3v) is 6.54. The number of furan rings is 1. The van der Waals surface area contributed by atoms with Crippen molar-refractivity contribution in [1.82, 2.24) is 0 Å². The van der Waals surface area contributed by atoms with Gasteiger partial charge < -0.3 is 4.42 Å². The van der Waals surface area contributed by atoms with Gasteiger partial charge in [-0.2, -0.15) is 0 Å². The smallest absolute Gasteiger partial charge is 0.135 e. The van der Waals surface area contributed by atoms with Crippen LogP contribution in [-0.4, -0.2) is 0 Å². The highest BCUT2D eigenvalue weighted by Gasteiger charge is 2.35. The van der Waals surface area contributed by atoms with Crippen LogP contribution in [0.3, 0.4) is 0 Å². The summed E-state index contributed by atoms with van der Waals surface area (Å²) in [7, 11) is 0. The molecule has 1 aromatic heterocycles. The predicted octanol–water partition coefficient (Wildman–Crippen LogP) is 7.87. The number of hydrogen-bond acceptors (Lipinski definition) is 1. The van der Waals surface area contributed by atoms with Crippen molar-refractivity contribution in [2.75, 3.05) is 0 Å². The zero-order chi connectivity index (χ0) is 19.8. The van der Waals surface area contributed by atoms with E-state index in [0.29, 0.717) is 0 Å². The minimum atomic E-state index is 0.0130. The molecule has 0 amide bonds. The van der Waals surface area contributed by atoms with Gasteiger partial charge in [0.25, 0.3) is 0 Å². The Morgan fingerprint density at radius 3 is 2.14 bits per heavy atom. The minimum absolute atomic E-state index is 0.0130. The first-order valence-electron chi connectivity index (χ1n) is 10.2. The van der Waals surface area contributed by atoms with Gasteiger partial charge in [0.05, 0.1) is 0 Å². The molecular weight excluding hydrogens is 352 g/mol. The van der Waals surface area contributed by atoms with E-state index in [0.717, 1.165) is 11.2 Å². The summed E-state index contributed by atoms with van der Waals surface area (Å²) in [5.41, 5.74) is 11.3. The van der Waals surface area contributed by atoms with Crippen LogP contribution in [-0.2, 0) is 5.41 Å². The maximum atomic E-state index is 6.00. The average molecular weight is 374 g/mol. The molecule has 1 nitrogen and oxygen atoms in total. The van der Waals surface area contributed by atoms with E-state index in [9.17, 15) is 0 Å². The number of fused-ring (bicyclic) bond motifs is 6. The molecule has 1 heteroatoms. The molecule has 0 spiro atoms. The number of rotatable bonds is 1. The van der Waals surface area contributed by atoms with E-state index in [1.807, 2.05) is 12.1 Å². The zero-order valence-corrected chi connectivity index (χ0v) is 16.9. The first kappa shape index (κ1) is 16.6. The topological polar surface area (TPSA) is 13.1 Å². The average Bonchev–Trinajstić information content (AvgIpc) is 3.20. The Balaban J connectivity index is 1.54. The Hall–Kier alpha value is -3.32. The predicted molar refractivity (Wildman–Crippen MR) is 121 cm³/mol. The van der Waals surface area contributed by atoms with Crippen molar-refractivity contribution in [3.05, 3.63) is 95.6 Å². The molecule has 1 heterocycles. The van der Waals surface area contributed by atoms with Crippen LogP contribution in [0.25, 0.3) is 44.2 Å². The summed E-state index contributed by atoms with van der Waals surface area (Å²) < 4.78 is 6.00. The molecule has 6 rings (SSSR count). The second-order valence-corrected chi connectivity index (χ2v) is 8.74. The maximum Gasteiger partial charge on any atom is 0.135 e. The number of aryl methyl sites for hydroxylation is 1. The lowest BCUT2D eigenvalue weighted by Crippen LogP contribution is -2.15. The van der Waals surface area contributed by atoms with Gasteiger partial charge in [0, 0.05) is 16.2 Å². The molecule has 140 valence electrons. The fraction of sp³-hybridized carbons (Fsp3) is 0.143. The number of benzene rings is 4. The van der Waals surface area contributed by atoms with E-state index in [2.05, 4.69) is 87.5 Å². The molecule has 0 bridgehead atoms. The maximum absolute atomic E-state index is 6.00. The Kier molecular flexibility index (Phi) is 3.21. The summed E-state index contributed by atoms with van der Waals surface area (Å²) in [6, 6.07) is 28.6. The SMILES string of the molecule is Cc1ccc2c(c1)C(C)(C)c1cc(-c3ccc4oc5ccccc5c4c3)ccc1-2. The van der Waals surface area contributed by atoms with Crippen molar-refractivity contribution in [3.63, 3.8) is 0 Å². The van der Waals surface area contributed by atoms with E-state index in [4.69, 9.17) is 4.42 Å². The van der Waals surface area contributed by atoms with Gasteiger partial charge in [-0.15, -0.1) is 0 Å². The standard InChI is InChI=1S/C28H22O/c1-17-8-11-20-21-12-9-19(16-25(21)28(2,3)24(20)14-17)18-10-13-27-23(15-18)22-6-4-5-7-26(22)29-27/h4-16H,1-3H3. The minimum Gasteiger partial charge on any atom is -0.456 e. The molecule has 1 aliphatic carbocycles. The van der Waals surface area contributed by atoms with Crippen LogP contribution in [0.15, 0.2) is 83.3 Å². The first-order chi connectivity index (χ1) is 14.0. The van der Waals surface area contributed by atoms with Gasteiger partial charge in [0.2, 0.25) is 0 Å². The van der Waals surface area contributed by atoms with Gasteiger partial charge in [-0.05, 0) is 64.6 Å². The fourth-order valence-corrected chi connectivity index (χ4v) is 4.94. The summed E-state index contributed by atoms with van der Waals surface area (Å²) in [5.74, 6) is 0. The number of para-hydroxylation sites is 1. The largest absolute Gasteiger partial charge is 0.456 e. The highest BCUT2D eigenvalue weighted by atomic mass is 16.3. The van der Waals surface area contributed by atoms with E-state index < -0.39 is 0 Å². The Bertz CT molecular complexity index is 1430. The van der Waals surface area contributed by atoms with E-state index in [-0.39, 0.29) is 5.41 Å². The molecule has 0 saturated carbocycles. The number of hydrogen-bond donors (Lipinski definition) is 0. The van der Waals surface area contributed by atoms with Crippen molar-refractivity contribution in [1.29, 1.82) is 0 Å². The quantitative estimate of drug-likeness (QED) is 0.291. The fourth-order valence-electron chi connectivity index (χ4n) is 4.94. The summed E-state index contributed by atoms with van der Waals surface area (Å²) in [6.45, 7) is 6.86. The van der Waals surface area contributed by atoms with Gasteiger partial charge in [0.1, 0.15) is 11.2 Å². The first-order valence-corrected chi connectivity index (χ1v) is 10.2. The van der Waals surface area contributed by atoms with Crippen LogP contribution >= 0.6 is 0 Å². The Morgan fingerprint density at radius 1 is 0.621 bits per heavy atom. The van der Waals surface area contributed by atoms with Crippen LogP contribution in [0.2, 0.25) is 0 Å². The van der Waals surface area contributed by atoms with E-state index >= 15 is 0 Å². The van der Waals surface area contributed by atoms with E-state index in [1.54, 1.807) is 0 Å². The van der Waals surface area contributed by atoms with Crippen molar-refractivity contribution < 1.29 is 4.42 Å². The molecular formula is C28H22O. The lowest BCUT2D eigenvalue weighted by Gasteiger charge is -2.22. The second kappa shape index (κ2) is 5.61. The van der Waals surface area contributed by atoms with Crippen LogP contribution in [0.5, 0.6) is 0 Å². The van der Waals surface area contributed by atoms with Crippen molar-refractivity contribution in [2.24, 2.45) is 0 Å². The Labute approximate surface area is 170 Å². The lowest BCUT2D eigenvalue weighted by atomic mass is 9.81. The molecule has 4 aromatic carbocycles. The van der Waals surface area contributed by atoms with Crippen LogP contribution in [0, 0.1) is 6.92 Å². The molecule has 0 fully saturated rings. The van der Waals surface area contributed by atoms with Crippen LogP contribution in [0.4, 0.5) is 0 Å². The van der Waals surface area contributed by atoms with Crippen LogP contribution in [0.1, 0.15) is 30.5 Å². The normalized spacial score (nSPS) is 14.3. The molecule has 0 N–H and O–H groups in total. The molecule has 0 unspecified atom stereocenters. The highest BCUT2D eigenvalue weighted by Crippen LogP contribution is 2.50. The van der Waals surface area contributed by atoms with Gasteiger partial charge in [-0.25, -0.2) is 0 Å². The molecule has 0 aliphatic heterocycles. The van der Waals surface area contributed by atoms with Crippen molar-refractivity contribution in [2.45, 2.75) is 26.2 Å². The van der Waals surface area contributed by atoms with Gasteiger partial charge in [0.15, 0.2) is 0 Å². The Morgan fingerprint density at radius 2 is 1.28 bits per heavy atom. The summed E-state index contributed by atoms with van der Waals surface area (Å²) >= 11 is 0. The summed E-state index contributed by atoms with van der Waals surface area (Å²) in [5, 5.41) is 2.35. The van der Waals surface area contributed by atoms with Gasteiger partial charge in [-0.3, -0.25) is 0 Å². The highest BCUT2D eigenvalue weighted by molar-refractivity contribution is 6.06. The summed E-state index contributed by atoms with van der Waals surface area (Å²) in [6.07, 6.45) is 0.